The first kappa shape index (κ1) is 14.0. The maximum absolute atomic E-state index is 11.8. The fourth-order valence-electron chi connectivity index (χ4n) is 1.41. The van der Waals surface area contributed by atoms with Gasteiger partial charge in [-0.3, -0.25) is 4.79 Å². The molecule has 0 aliphatic heterocycles. The first-order chi connectivity index (χ1) is 7.95. The predicted molar refractivity (Wildman–Crippen MR) is 72.2 cm³/mol. The van der Waals surface area contributed by atoms with Crippen molar-refractivity contribution < 1.29 is 4.79 Å². The molecule has 17 heavy (non-hydrogen) atoms. The van der Waals surface area contributed by atoms with Crippen molar-refractivity contribution in [2.24, 2.45) is 11.7 Å². The van der Waals surface area contributed by atoms with Crippen LogP contribution < -0.4 is 11.1 Å². The molecular formula is C13H19ClN2O. The first-order valence-corrected chi connectivity index (χ1v) is 6.16. The van der Waals surface area contributed by atoms with E-state index in [1.807, 2.05) is 32.9 Å². The Morgan fingerprint density at radius 3 is 2.71 bits per heavy atom. The number of carbonyl (C=O) groups is 1. The van der Waals surface area contributed by atoms with Crippen molar-refractivity contribution in [1.82, 2.24) is 0 Å². The van der Waals surface area contributed by atoms with E-state index in [2.05, 4.69) is 5.32 Å². The van der Waals surface area contributed by atoms with Crippen molar-refractivity contribution in [1.29, 1.82) is 0 Å². The lowest BCUT2D eigenvalue weighted by molar-refractivity contribution is -0.118. The number of anilines is 1. The lowest BCUT2D eigenvalue weighted by Crippen LogP contribution is -2.40. The molecule has 0 heterocycles. The van der Waals surface area contributed by atoms with Crippen LogP contribution in [0.3, 0.4) is 0 Å². The van der Waals surface area contributed by atoms with E-state index in [1.165, 1.54) is 0 Å². The monoisotopic (exact) mass is 254 g/mol. The van der Waals surface area contributed by atoms with Gasteiger partial charge in [0.1, 0.15) is 0 Å². The zero-order chi connectivity index (χ0) is 13.0. The van der Waals surface area contributed by atoms with E-state index in [4.69, 9.17) is 17.3 Å². The van der Waals surface area contributed by atoms with Gasteiger partial charge in [-0.05, 0) is 30.5 Å². The van der Waals surface area contributed by atoms with Crippen LogP contribution >= 0.6 is 11.6 Å². The van der Waals surface area contributed by atoms with Crippen molar-refractivity contribution >= 4 is 23.2 Å². The minimum Gasteiger partial charge on any atom is -0.325 e. The van der Waals surface area contributed by atoms with Crippen LogP contribution in [0.2, 0.25) is 5.02 Å². The molecule has 2 atom stereocenters. The maximum Gasteiger partial charge on any atom is 0.241 e. The van der Waals surface area contributed by atoms with Gasteiger partial charge in [-0.25, -0.2) is 0 Å². The Balaban J connectivity index is 2.71. The Labute approximate surface area is 107 Å². The van der Waals surface area contributed by atoms with E-state index in [1.54, 1.807) is 6.07 Å². The number of nitrogens with two attached hydrogens (primary N) is 1. The predicted octanol–water partition coefficient (Wildman–Crippen LogP) is 2.96. The molecule has 0 spiro atoms. The zero-order valence-electron chi connectivity index (χ0n) is 10.5. The number of carbonyl (C=O) groups excluding carboxylic acids is 1. The van der Waals surface area contributed by atoms with E-state index in [0.29, 0.717) is 10.7 Å². The smallest absolute Gasteiger partial charge is 0.241 e. The molecule has 1 aromatic carbocycles. The van der Waals surface area contributed by atoms with Crippen LogP contribution in [0.15, 0.2) is 18.2 Å². The van der Waals surface area contributed by atoms with Gasteiger partial charge in [0, 0.05) is 10.7 Å². The molecule has 1 amide bonds. The molecule has 3 N–H and O–H groups in total. The molecule has 0 fully saturated rings. The van der Waals surface area contributed by atoms with Gasteiger partial charge in [0.2, 0.25) is 5.91 Å². The second-order valence-corrected chi connectivity index (χ2v) is 4.77. The molecule has 0 bridgehead atoms. The average molecular weight is 255 g/mol. The molecule has 0 radical (unpaired) electrons. The van der Waals surface area contributed by atoms with Gasteiger partial charge in [0.25, 0.3) is 0 Å². The highest BCUT2D eigenvalue weighted by molar-refractivity contribution is 6.31. The van der Waals surface area contributed by atoms with Gasteiger partial charge >= 0.3 is 0 Å². The molecule has 1 rings (SSSR count). The number of benzene rings is 1. The summed E-state index contributed by atoms with van der Waals surface area (Å²) in [6, 6.07) is 4.94. The van der Waals surface area contributed by atoms with Crippen molar-refractivity contribution in [3.05, 3.63) is 28.8 Å². The normalized spacial score (nSPS) is 14.2. The van der Waals surface area contributed by atoms with Crippen LogP contribution in [0.25, 0.3) is 0 Å². The molecule has 0 saturated carbocycles. The molecule has 94 valence electrons. The summed E-state index contributed by atoms with van der Waals surface area (Å²) in [7, 11) is 0. The average Bonchev–Trinajstić information content (AvgIpc) is 2.31. The Morgan fingerprint density at radius 2 is 2.18 bits per heavy atom. The van der Waals surface area contributed by atoms with Crippen molar-refractivity contribution in [3.63, 3.8) is 0 Å². The SMILES string of the molecule is CCC(C)[C@H](N)C(=O)Nc1ccc(C)c(Cl)c1. The molecule has 0 aliphatic rings. The molecule has 4 heteroatoms. The van der Waals surface area contributed by atoms with E-state index in [-0.39, 0.29) is 11.8 Å². The third-order valence-electron chi connectivity index (χ3n) is 3.00. The number of hydrogen-bond acceptors (Lipinski definition) is 2. The van der Waals surface area contributed by atoms with Gasteiger partial charge in [0.05, 0.1) is 6.04 Å². The number of hydrogen-bond donors (Lipinski definition) is 2. The molecule has 0 saturated heterocycles. The molecular weight excluding hydrogens is 236 g/mol. The van der Waals surface area contributed by atoms with Crippen molar-refractivity contribution in [3.8, 4) is 0 Å². The summed E-state index contributed by atoms with van der Waals surface area (Å²) in [5, 5.41) is 3.42. The largest absolute Gasteiger partial charge is 0.325 e. The van der Waals surface area contributed by atoms with Crippen LogP contribution in [-0.4, -0.2) is 11.9 Å². The van der Waals surface area contributed by atoms with Crippen molar-refractivity contribution in [2.45, 2.75) is 33.2 Å². The van der Waals surface area contributed by atoms with Crippen LogP contribution in [0.5, 0.6) is 0 Å². The number of aryl methyl sites for hydroxylation is 1. The molecule has 1 unspecified atom stereocenters. The minimum atomic E-state index is -0.486. The lowest BCUT2D eigenvalue weighted by atomic mass is 9.99. The second kappa shape index (κ2) is 6.03. The summed E-state index contributed by atoms with van der Waals surface area (Å²) in [5.74, 6) is -0.00445. The summed E-state index contributed by atoms with van der Waals surface area (Å²) >= 11 is 5.98. The van der Waals surface area contributed by atoms with Gasteiger partial charge in [-0.15, -0.1) is 0 Å². The third-order valence-corrected chi connectivity index (χ3v) is 3.41. The van der Waals surface area contributed by atoms with E-state index >= 15 is 0 Å². The van der Waals surface area contributed by atoms with Crippen LogP contribution in [0.1, 0.15) is 25.8 Å². The maximum atomic E-state index is 11.8. The lowest BCUT2D eigenvalue weighted by Gasteiger charge is -2.17. The van der Waals surface area contributed by atoms with Crippen LogP contribution in [0, 0.1) is 12.8 Å². The number of rotatable bonds is 4. The van der Waals surface area contributed by atoms with Gasteiger partial charge in [0.15, 0.2) is 0 Å². The summed E-state index contributed by atoms with van der Waals surface area (Å²) in [6.07, 6.45) is 0.878. The summed E-state index contributed by atoms with van der Waals surface area (Å²) in [6.45, 7) is 5.89. The van der Waals surface area contributed by atoms with Gasteiger partial charge in [-0.2, -0.15) is 0 Å². The fraction of sp³-hybridized carbons (Fsp3) is 0.462. The Hall–Kier alpha value is -1.06. The Morgan fingerprint density at radius 1 is 1.53 bits per heavy atom. The van der Waals surface area contributed by atoms with E-state index in [0.717, 1.165) is 12.0 Å². The standard InChI is InChI=1S/C13H19ClN2O/c1-4-8(2)12(15)13(17)16-10-6-5-9(3)11(14)7-10/h5-8,12H,4,15H2,1-3H3,(H,16,17)/t8?,12-/m0/s1. The fourth-order valence-corrected chi connectivity index (χ4v) is 1.59. The summed E-state index contributed by atoms with van der Waals surface area (Å²) in [5.41, 5.74) is 7.51. The van der Waals surface area contributed by atoms with Crippen molar-refractivity contribution in [2.75, 3.05) is 5.32 Å². The third kappa shape index (κ3) is 3.72. The van der Waals surface area contributed by atoms with Crippen LogP contribution in [-0.2, 0) is 4.79 Å². The summed E-state index contributed by atoms with van der Waals surface area (Å²) in [4.78, 5) is 11.8. The number of nitrogens with one attached hydrogen (secondary N) is 1. The van der Waals surface area contributed by atoms with Gasteiger partial charge in [-0.1, -0.05) is 37.9 Å². The highest BCUT2D eigenvalue weighted by atomic mass is 35.5. The minimum absolute atomic E-state index is 0.163. The Bertz CT molecular complexity index is 406. The van der Waals surface area contributed by atoms with Gasteiger partial charge < -0.3 is 11.1 Å². The molecule has 3 nitrogen and oxygen atoms in total. The quantitative estimate of drug-likeness (QED) is 0.868. The first-order valence-electron chi connectivity index (χ1n) is 5.78. The zero-order valence-corrected chi connectivity index (χ0v) is 11.2. The molecule has 1 aromatic rings. The molecule has 0 aromatic heterocycles. The Kier molecular flexibility index (Phi) is 4.97. The van der Waals surface area contributed by atoms with Crippen LogP contribution in [0.4, 0.5) is 5.69 Å². The second-order valence-electron chi connectivity index (χ2n) is 4.36. The number of amides is 1. The highest BCUT2D eigenvalue weighted by Gasteiger charge is 2.19. The number of halogens is 1. The topological polar surface area (TPSA) is 55.1 Å². The summed E-state index contributed by atoms with van der Waals surface area (Å²) < 4.78 is 0. The molecule has 0 aliphatic carbocycles. The van der Waals surface area contributed by atoms with E-state index in [9.17, 15) is 4.79 Å². The van der Waals surface area contributed by atoms with E-state index < -0.39 is 6.04 Å². The highest BCUT2D eigenvalue weighted by Crippen LogP contribution is 2.20.